The molecular weight excluding hydrogens is 341 g/mol. The van der Waals surface area contributed by atoms with Crippen molar-refractivity contribution in [2.75, 3.05) is 0 Å². The summed E-state index contributed by atoms with van der Waals surface area (Å²) in [7, 11) is 0. The number of amides is 1. The Hall–Kier alpha value is -2.61. The van der Waals surface area contributed by atoms with Crippen molar-refractivity contribution in [3.63, 3.8) is 0 Å². The number of thiophene rings is 1. The number of hydrogen-bond donors (Lipinski definition) is 1. The van der Waals surface area contributed by atoms with Gasteiger partial charge in [0.25, 0.3) is 5.91 Å². The van der Waals surface area contributed by atoms with Gasteiger partial charge in [-0.1, -0.05) is 23.4 Å². The Bertz CT molecular complexity index is 841. The van der Waals surface area contributed by atoms with Crippen LogP contribution in [0.5, 0.6) is 0 Å². The van der Waals surface area contributed by atoms with E-state index in [4.69, 9.17) is 4.52 Å². The Morgan fingerprint density at radius 2 is 2.04 bits per heavy atom. The Morgan fingerprint density at radius 1 is 1.21 bits per heavy atom. The second-order valence-corrected chi connectivity index (χ2v) is 5.88. The summed E-state index contributed by atoms with van der Waals surface area (Å²) in [5.41, 5.74) is -0.332. The monoisotopic (exact) mass is 352 g/mol. The van der Waals surface area contributed by atoms with Crippen molar-refractivity contribution >= 4 is 17.2 Å². The largest absolute Gasteiger partial charge is 0.416 e. The van der Waals surface area contributed by atoms with Gasteiger partial charge in [-0.15, -0.1) is 11.3 Å². The lowest BCUT2D eigenvalue weighted by molar-refractivity contribution is -0.137. The Labute approximate surface area is 138 Å². The molecule has 124 valence electrons. The van der Waals surface area contributed by atoms with Crippen LogP contribution in [0.15, 0.2) is 52.4 Å². The summed E-state index contributed by atoms with van der Waals surface area (Å²) in [6.45, 7) is -0.0377. The van der Waals surface area contributed by atoms with Crippen LogP contribution in [0.2, 0.25) is 0 Å². The summed E-state index contributed by atoms with van der Waals surface area (Å²) < 4.78 is 43.1. The molecule has 8 heteroatoms. The first-order valence-corrected chi connectivity index (χ1v) is 7.76. The molecule has 3 rings (SSSR count). The van der Waals surface area contributed by atoms with E-state index < -0.39 is 17.6 Å². The van der Waals surface area contributed by atoms with Gasteiger partial charge in [0.2, 0.25) is 0 Å². The molecule has 0 unspecified atom stereocenters. The van der Waals surface area contributed by atoms with Crippen LogP contribution in [0.3, 0.4) is 0 Å². The van der Waals surface area contributed by atoms with E-state index in [1.807, 2.05) is 17.5 Å². The minimum atomic E-state index is -4.41. The maximum Gasteiger partial charge on any atom is 0.416 e. The van der Waals surface area contributed by atoms with Crippen molar-refractivity contribution in [3.05, 3.63) is 64.7 Å². The van der Waals surface area contributed by atoms with Gasteiger partial charge in [-0.2, -0.15) is 13.2 Å². The Morgan fingerprint density at radius 3 is 2.75 bits per heavy atom. The van der Waals surface area contributed by atoms with Gasteiger partial charge in [-0.25, -0.2) is 0 Å². The van der Waals surface area contributed by atoms with E-state index in [9.17, 15) is 18.0 Å². The normalized spacial score (nSPS) is 11.5. The summed E-state index contributed by atoms with van der Waals surface area (Å²) >= 11 is 1.44. The van der Waals surface area contributed by atoms with E-state index in [2.05, 4.69) is 10.5 Å². The topological polar surface area (TPSA) is 55.1 Å². The number of rotatable bonds is 4. The first-order chi connectivity index (χ1) is 11.4. The third-order valence-electron chi connectivity index (χ3n) is 3.21. The average Bonchev–Trinajstić information content (AvgIpc) is 3.22. The lowest BCUT2D eigenvalue weighted by atomic mass is 10.1. The second kappa shape index (κ2) is 6.48. The van der Waals surface area contributed by atoms with Gasteiger partial charge in [0.15, 0.2) is 11.5 Å². The van der Waals surface area contributed by atoms with Crippen LogP contribution in [-0.2, 0) is 12.7 Å². The molecule has 0 atom stereocenters. The first-order valence-electron chi connectivity index (χ1n) is 6.88. The molecule has 0 saturated carbocycles. The zero-order chi connectivity index (χ0) is 17.2. The van der Waals surface area contributed by atoms with Crippen LogP contribution < -0.4 is 5.32 Å². The highest BCUT2D eigenvalue weighted by Gasteiger charge is 2.30. The maximum atomic E-state index is 12.7. The quantitative estimate of drug-likeness (QED) is 0.759. The number of aromatic nitrogens is 1. The van der Waals surface area contributed by atoms with Crippen LogP contribution >= 0.6 is 11.3 Å². The van der Waals surface area contributed by atoms with E-state index in [0.29, 0.717) is 11.3 Å². The molecule has 0 bridgehead atoms. The molecule has 0 radical (unpaired) electrons. The molecule has 2 aromatic heterocycles. The van der Waals surface area contributed by atoms with Crippen molar-refractivity contribution in [1.82, 2.24) is 10.5 Å². The molecule has 2 heterocycles. The number of nitrogens with zero attached hydrogens (tertiary/aromatic N) is 1. The zero-order valence-corrected chi connectivity index (χ0v) is 12.9. The third kappa shape index (κ3) is 3.65. The van der Waals surface area contributed by atoms with Gasteiger partial charge >= 0.3 is 6.18 Å². The lowest BCUT2D eigenvalue weighted by Crippen LogP contribution is -2.23. The van der Waals surface area contributed by atoms with Crippen LogP contribution in [0.1, 0.15) is 21.6 Å². The molecule has 1 N–H and O–H groups in total. The number of halogens is 3. The van der Waals surface area contributed by atoms with E-state index in [-0.39, 0.29) is 12.2 Å². The molecule has 0 saturated heterocycles. The van der Waals surface area contributed by atoms with Crippen molar-refractivity contribution in [2.24, 2.45) is 0 Å². The smallest absolute Gasteiger partial charge is 0.355 e. The fourth-order valence-electron chi connectivity index (χ4n) is 2.05. The first kappa shape index (κ1) is 16.3. The zero-order valence-electron chi connectivity index (χ0n) is 12.1. The summed E-state index contributed by atoms with van der Waals surface area (Å²) in [4.78, 5) is 12.9. The fraction of sp³-hybridized carbons (Fsp3) is 0.125. The Kier molecular flexibility index (Phi) is 4.39. The van der Waals surface area contributed by atoms with Crippen molar-refractivity contribution in [1.29, 1.82) is 0 Å². The molecule has 0 spiro atoms. The second-order valence-electron chi connectivity index (χ2n) is 4.93. The van der Waals surface area contributed by atoms with Crippen molar-refractivity contribution in [2.45, 2.75) is 12.7 Å². The van der Waals surface area contributed by atoms with E-state index in [1.165, 1.54) is 29.5 Å². The van der Waals surface area contributed by atoms with Crippen LogP contribution in [0, 0.1) is 0 Å². The van der Waals surface area contributed by atoms with E-state index in [1.54, 1.807) is 0 Å². The molecule has 0 aliphatic rings. The Balaban J connectivity index is 1.66. The van der Waals surface area contributed by atoms with Gasteiger partial charge in [0, 0.05) is 12.6 Å². The summed E-state index contributed by atoms with van der Waals surface area (Å²) in [6.07, 6.45) is -4.41. The maximum absolute atomic E-state index is 12.7. The van der Waals surface area contributed by atoms with Gasteiger partial charge in [-0.3, -0.25) is 4.79 Å². The molecule has 4 nitrogen and oxygen atoms in total. The summed E-state index contributed by atoms with van der Waals surface area (Å²) in [5.74, 6) is -0.0480. The molecule has 3 aromatic rings. The number of benzene rings is 1. The van der Waals surface area contributed by atoms with Crippen molar-refractivity contribution < 1.29 is 22.5 Å². The standard InChI is InChI=1S/C16H11F3N2O2S/c17-16(18,19)11-4-1-3-10(7-11)9-20-15(22)12-8-13(23-21-12)14-5-2-6-24-14/h1-8H,9H2,(H,20,22). The average molecular weight is 352 g/mol. The summed E-state index contributed by atoms with van der Waals surface area (Å²) in [6, 6.07) is 9.96. The fourth-order valence-corrected chi connectivity index (χ4v) is 2.72. The van der Waals surface area contributed by atoms with Crippen LogP contribution in [0.25, 0.3) is 10.6 Å². The van der Waals surface area contributed by atoms with E-state index >= 15 is 0 Å². The molecule has 0 aliphatic heterocycles. The molecule has 1 aromatic carbocycles. The molecule has 0 fully saturated rings. The predicted molar refractivity (Wildman–Crippen MR) is 82.4 cm³/mol. The number of hydrogen-bond acceptors (Lipinski definition) is 4. The number of nitrogens with one attached hydrogen (secondary N) is 1. The van der Waals surface area contributed by atoms with Gasteiger partial charge in [0.1, 0.15) is 0 Å². The third-order valence-corrected chi connectivity index (χ3v) is 4.10. The molecule has 24 heavy (non-hydrogen) atoms. The highest BCUT2D eigenvalue weighted by Crippen LogP contribution is 2.29. The van der Waals surface area contributed by atoms with Crippen molar-refractivity contribution in [3.8, 4) is 10.6 Å². The molecule has 0 aliphatic carbocycles. The molecule has 1 amide bonds. The predicted octanol–water partition coefficient (Wildman–Crippen LogP) is 4.35. The van der Waals surface area contributed by atoms with Gasteiger partial charge in [0.05, 0.1) is 10.4 Å². The minimum Gasteiger partial charge on any atom is -0.355 e. The number of carbonyl (C=O) groups excluding carboxylic acids is 1. The highest BCUT2D eigenvalue weighted by atomic mass is 32.1. The van der Waals surface area contributed by atoms with Crippen LogP contribution in [0.4, 0.5) is 13.2 Å². The van der Waals surface area contributed by atoms with E-state index in [0.717, 1.165) is 17.0 Å². The SMILES string of the molecule is O=C(NCc1cccc(C(F)(F)F)c1)c1cc(-c2cccs2)on1. The van der Waals surface area contributed by atoms with Crippen LogP contribution in [-0.4, -0.2) is 11.1 Å². The minimum absolute atomic E-state index is 0.0377. The summed E-state index contributed by atoms with van der Waals surface area (Å²) in [5, 5.41) is 8.07. The number of carbonyl (C=O) groups is 1. The van der Waals surface area contributed by atoms with Gasteiger partial charge < -0.3 is 9.84 Å². The van der Waals surface area contributed by atoms with Gasteiger partial charge in [-0.05, 0) is 29.1 Å². The highest BCUT2D eigenvalue weighted by molar-refractivity contribution is 7.13. The number of alkyl halides is 3. The lowest BCUT2D eigenvalue weighted by Gasteiger charge is -2.09. The molecular formula is C16H11F3N2O2S.